The topological polar surface area (TPSA) is 38.5 Å². The van der Waals surface area contributed by atoms with Crippen molar-refractivity contribution in [3.8, 4) is 0 Å². The summed E-state index contributed by atoms with van der Waals surface area (Å²) in [4.78, 5) is 3.74. The van der Waals surface area contributed by atoms with E-state index in [0.29, 0.717) is 12.6 Å². The molecule has 0 bridgehead atoms. The number of nitrogens with two attached hydrogens (primary N) is 1. The van der Waals surface area contributed by atoms with Crippen molar-refractivity contribution in [1.82, 2.24) is 4.90 Å². The Balaban J connectivity index is 2.19. The van der Waals surface area contributed by atoms with Gasteiger partial charge in [-0.1, -0.05) is 18.5 Å². The molecule has 0 radical (unpaired) electrons. The molecule has 1 aromatic heterocycles. The van der Waals surface area contributed by atoms with E-state index in [4.69, 9.17) is 22.1 Å². The lowest BCUT2D eigenvalue weighted by Crippen LogP contribution is -2.51. The summed E-state index contributed by atoms with van der Waals surface area (Å²) in [6, 6.07) is 2.76. The average Bonchev–Trinajstić information content (AvgIpc) is 2.77. The molecule has 3 unspecified atom stereocenters. The maximum Gasteiger partial charge on any atom is 0.0675 e. The predicted molar refractivity (Wildman–Crippen MR) is 77.3 cm³/mol. The molecule has 0 aromatic carbocycles. The molecule has 18 heavy (non-hydrogen) atoms. The van der Waals surface area contributed by atoms with Crippen LogP contribution in [0.5, 0.6) is 0 Å². The summed E-state index contributed by atoms with van der Waals surface area (Å²) in [6.07, 6.45) is 1.36. The molecule has 1 aromatic rings. The summed E-state index contributed by atoms with van der Waals surface area (Å²) in [7, 11) is 0. The highest BCUT2D eigenvalue weighted by molar-refractivity contribution is 7.10. The molecular weight excluding hydrogens is 268 g/mol. The van der Waals surface area contributed by atoms with Gasteiger partial charge in [-0.3, -0.25) is 4.90 Å². The number of hydrogen-bond donors (Lipinski definition) is 1. The molecule has 102 valence electrons. The molecule has 1 fully saturated rings. The third-order valence-electron chi connectivity index (χ3n) is 3.52. The van der Waals surface area contributed by atoms with Crippen LogP contribution in [0.3, 0.4) is 0 Å². The number of rotatable bonds is 4. The fraction of sp³-hybridized carbons (Fsp3) is 0.692. The minimum absolute atomic E-state index is 0.263. The SMILES string of the molecule is CCC1COC(C)CN1C(CN)c1cc(Cl)cs1. The van der Waals surface area contributed by atoms with Gasteiger partial charge in [0, 0.05) is 29.4 Å². The second-order valence-electron chi connectivity index (χ2n) is 4.82. The summed E-state index contributed by atoms with van der Waals surface area (Å²) in [5.41, 5.74) is 5.99. The smallest absolute Gasteiger partial charge is 0.0675 e. The first-order chi connectivity index (χ1) is 8.65. The molecule has 0 spiro atoms. The van der Waals surface area contributed by atoms with E-state index < -0.39 is 0 Å². The minimum atomic E-state index is 0.263. The zero-order chi connectivity index (χ0) is 13.1. The third kappa shape index (κ3) is 3.06. The highest BCUT2D eigenvalue weighted by atomic mass is 35.5. The molecule has 2 N–H and O–H groups in total. The van der Waals surface area contributed by atoms with Crippen molar-refractivity contribution in [1.29, 1.82) is 0 Å². The summed E-state index contributed by atoms with van der Waals surface area (Å²) in [6.45, 7) is 6.68. The quantitative estimate of drug-likeness (QED) is 0.926. The van der Waals surface area contributed by atoms with Crippen LogP contribution in [0, 0.1) is 0 Å². The van der Waals surface area contributed by atoms with Crippen LogP contribution >= 0.6 is 22.9 Å². The zero-order valence-corrected chi connectivity index (χ0v) is 12.5. The molecule has 1 aliphatic rings. The normalized spacial score (nSPS) is 27.3. The molecule has 0 aliphatic carbocycles. The van der Waals surface area contributed by atoms with Crippen LogP contribution < -0.4 is 5.73 Å². The maximum absolute atomic E-state index is 6.03. The fourth-order valence-corrected chi connectivity index (χ4v) is 3.74. The number of thiophene rings is 1. The van der Waals surface area contributed by atoms with Crippen LogP contribution in [-0.4, -0.2) is 36.7 Å². The van der Waals surface area contributed by atoms with E-state index in [9.17, 15) is 0 Å². The first-order valence-corrected chi connectivity index (χ1v) is 7.72. The summed E-state index contributed by atoms with van der Waals surface area (Å²) in [5, 5.41) is 2.78. The second kappa shape index (κ2) is 6.35. The monoisotopic (exact) mass is 288 g/mol. The minimum Gasteiger partial charge on any atom is -0.376 e. The number of morpholine rings is 1. The standard InChI is InChI=1S/C13H21ClN2OS/c1-3-11-7-17-9(2)6-16(11)12(5-15)13-4-10(14)8-18-13/h4,8-9,11-12H,3,5-7,15H2,1-2H3. The Bertz CT molecular complexity index is 385. The van der Waals surface area contributed by atoms with Crippen molar-refractivity contribution >= 4 is 22.9 Å². The van der Waals surface area contributed by atoms with Gasteiger partial charge in [0.25, 0.3) is 0 Å². The third-order valence-corrected chi connectivity index (χ3v) is 4.90. The van der Waals surface area contributed by atoms with Gasteiger partial charge in [0.05, 0.1) is 23.8 Å². The van der Waals surface area contributed by atoms with E-state index in [1.54, 1.807) is 11.3 Å². The summed E-state index contributed by atoms with van der Waals surface area (Å²) < 4.78 is 5.74. The van der Waals surface area contributed by atoms with Gasteiger partial charge < -0.3 is 10.5 Å². The van der Waals surface area contributed by atoms with E-state index in [1.807, 2.05) is 11.4 Å². The van der Waals surface area contributed by atoms with Gasteiger partial charge in [-0.2, -0.15) is 0 Å². The molecule has 0 saturated carbocycles. The number of ether oxygens (including phenoxy) is 1. The molecule has 1 saturated heterocycles. The van der Waals surface area contributed by atoms with Crippen LogP contribution in [0.25, 0.3) is 0 Å². The highest BCUT2D eigenvalue weighted by Gasteiger charge is 2.32. The fourth-order valence-electron chi connectivity index (χ4n) is 2.52. The van der Waals surface area contributed by atoms with Crippen LogP contribution in [0.15, 0.2) is 11.4 Å². The molecule has 5 heteroatoms. The molecule has 3 nitrogen and oxygen atoms in total. The van der Waals surface area contributed by atoms with E-state index in [-0.39, 0.29) is 12.1 Å². The number of hydrogen-bond acceptors (Lipinski definition) is 4. The lowest BCUT2D eigenvalue weighted by molar-refractivity contribution is -0.0714. The van der Waals surface area contributed by atoms with Crippen LogP contribution in [0.4, 0.5) is 0 Å². The van der Waals surface area contributed by atoms with E-state index in [1.165, 1.54) is 4.88 Å². The van der Waals surface area contributed by atoms with Crippen LogP contribution in [0.1, 0.15) is 31.2 Å². The van der Waals surface area contributed by atoms with Crippen LogP contribution in [0.2, 0.25) is 5.02 Å². The maximum atomic E-state index is 6.03. The highest BCUT2D eigenvalue weighted by Crippen LogP contribution is 2.32. The number of halogens is 1. The molecule has 2 heterocycles. The van der Waals surface area contributed by atoms with E-state index in [0.717, 1.165) is 24.6 Å². The molecule has 3 atom stereocenters. The van der Waals surface area contributed by atoms with Gasteiger partial charge >= 0.3 is 0 Å². The number of nitrogens with zero attached hydrogens (tertiary/aromatic N) is 1. The lowest BCUT2D eigenvalue weighted by Gasteiger charge is -2.42. The van der Waals surface area contributed by atoms with Crippen molar-refractivity contribution < 1.29 is 4.74 Å². The van der Waals surface area contributed by atoms with Gasteiger partial charge in [0.1, 0.15) is 0 Å². The first-order valence-electron chi connectivity index (χ1n) is 6.47. The summed E-state index contributed by atoms with van der Waals surface area (Å²) in [5.74, 6) is 0. The second-order valence-corrected chi connectivity index (χ2v) is 6.20. The van der Waals surface area contributed by atoms with Crippen molar-refractivity contribution in [3.63, 3.8) is 0 Å². The Morgan fingerprint density at radius 2 is 2.44 bits per heavy atom. The Morgan fingerprint density at radius 3 is 3.00 bits per heavy atom. The zero-order valence-electron chi connectivity index (χ0n) is 10.9. The summed E-state index contributed by atoms with van der Waals surface area (Å²) >= 11 is 7.72. The van der Waals surface area contributed by atoms with Gasteiger partial charge in [-0.15, -0.1) is 11.3 Å². The Labute approximate surface area is 118 Å². The van der Waals surface area contributed by atoms with Crippen molar-refractivity contribution in [2.24, 2.45) is 5.73 Å². The lowest BCUT2D eigenvalue weighted by atomic mass is 10.1. The van der Waals surface area contributed by atoms with Crippen LogP contribution in [-0.2, 0) is 4.74 Å². The average molecular weight is 289 g/mol. The van der Waals surface area contributed by atoms with Gasteiger partial charge in [-0.25, -0.2) is 0 Å². The van der Waals surface area contributed by atoms with Gasteiger partial charge in [-0.05, 0) is 19.4 Å². The van der Waals surface area contributed by atoms with E-state index >= 15 is 0 Å². The van der Waals surface area contributed by atoms with E-state index in [2.05, 4.69) is 18.7 Å². The van der Waals surface area contributed by atoms with Gasteiger partial charge in [0.2, 0.25) is 0 Å². The Kier molecular flexibility index (Phi) is 5.04. The first kappa shape index (κ1) is 14.3. The van der Waals surface area contributed by atoms with Crippen molar-refractivity contribution in [2.75, 3.05) is 19.7 Å². The largest absolute Gasteiger partial charge is 0.376 e. The Morgan fingerprint density at radius 1 is 1.67 bits per heavy atom. The molecule has 2 rings (SSSR count). The Hall–Kier alpha value is -0.130. The predicted octanol–water partition coefficient (Wildman–Crippen LogP) is 2.90. The van der Waals surface area contributed by atoms with Crippen molar-refractivity contribution in [3.05, 3.63) is 21.3 Å². The molecular formula is C13H21ClN2OS. The molecule has 1 aliphatic heterocycles. The van der Waals surface area contributed by atoms with Gasteiger partial charge in [0.15, 0.2) is 0 Å². The van der Waals surface area contributed by atoms with Crippen molar-refractivity contribution in [2.45, 2.75) is 38.5 Å². The molecule has 0 amide bonds.